The molecule has 0 saturated heterocycles. The van der Waals surface area contributed by atoms with Crippen molar-refractivity contribution in [3.05, 3.63) is 42.1 Å². The molecule has 4 nitrogen and oxygen atoms in total. The van der Waals surface area contributed by atoms with Gasteiger partial charge in [0.25, 0.3) is 0 Å². The van der Waals surface area contributed by atoms with Crippen molar-refractivity contribution in [2.45, 2.75) is 20.4 Å². The Balaban J connectivity index is 1.83. The predicted molar refractivity (Wildman–Crippen MR) is 81.3 cm³/mol. The number of amides is 1. The first-order valence-electron chi connectivity index (χ1n) is 6.99. The molecule has 1 aromatic carbocycles. The van der Waals surface area contributed by atoms with E-state index in [9.17, 15) is 4.79 Å². The van der Waals surface area contributed by atoms with E-state index in [4.69, 9.17) is 0 Å². The van der Waals surface area contributed by atoms with E-state index in [0.717, 1.165) is 24.0 Å². The number of carbonyl (C=O) groups excluding carboxylic acids is 1. The molecule has 0 aliphatic rings. The lowest BCUT2D eigenvalue weighted by atomic mass is 10.1. The van der Waals surface area contributed by atoms with Gasteiger partial charge >= 0.3 is 0 Å². The topological polar surface area (TPSA) is 54.0 Å². The van der Waals surface area contributed by atoms with Gasteiger partial charge in [-0.05, 0) is 11.6 Å². The monoisotopic (exact) mass is 271 g/mol. The van der Waals surface area contributed by atoms with E-state index < -0.39 is 0 Å². The van der Waals surface area contributed by atoms with Gasteiger partial charge in [-0.1, -0.05) is 38.1 Å². The SMILES string of the molecule is CC(C)C(=O)NCCNCc1cccc2cccnc12. The molecular formula is C16H21N3O. The summed E-state index contributed by atoms with van der Waals surface area (Å²) in [5.41, 5.74) is 2.21. The van der Waals surface area contributed by atoms with Crippen LogP contribution >= 0.6 is 0 Å². The third kappa shape index (κ3) is 3.78. The molecule has 4 heteroatoms. The van der Waals surface area contributed by atoms with Gasteiger partial charge in [0.05, 0.1) is 5.52 Å². The second kappa shape index (κ2) is 7.01. The average Bonchev–Trinajstić information content (AvgIpc) is 2.46. The van der Waals surface area contributed by atoms with Crippen LogP contribution in [0.1, 0.15) is 19.4 Å². The first-order valence-corrected chi connectivity index (χ1v) is 6.99. The number of para-hydroxylation sites is 1. The molecular weight excluding hydrogens is 250 g/mol. The van der Waals surface area contributed by atoms with E-state index in [1.807, 2.05) is 32.2 Å². The second-order valence-electron chi connectivity index (χ2n) is 5.11. The standard InChI is InChI=1S/C16H21N3O/c1-12(2)16(20)19-10-9-17-11-14-6-3-5-13-7-4-8-18-15(13)14/h3-8,12,17H,9-11H2,1-2H3,(H,19,20). The normalized spacial score (nSPS) is 10.9. The van der Waals surface area contributed by atoms with Crippen molar-refractivity contribution in [1.29, 1.82) is 0 Å². The van der Waals surface area contributed by atoms with Crippen LogP contribution in [0.2, 0.25) is 0 Å². The predicted octanol–water partition coefficient (Wildman–Crippen LogP) is 2.10. The van der Waals surface area contributed by atoms with Crippen molar-refractivity contribution < 1.29 is 4.79 Å². The smallest absolute Gasteiger partial charge is 0.222 e. The number of carbonyl (C=O) groups is 1. The van der Waals surface area contributed by atoms with Crippen LogP contribution in [0.5, 0.6) is 0 Å². The van der Waals surface area contributed by atoms with Gasteiger partial charge < -0.3 is 10.6 Å². The first-order chi connectivity index (χ1) is 9.68. The Bertz CT molecular complexity index is 575. The number of hydrogen-bond acceptors (Lipinski definition) is 3. The molecule has 0 aliphatic heterocycles. The molecule has 2 rings (SSSR count). The number of pyridine rings is 1. The molecule has 0 spiro atoms. The Morgan fingerprint density at radius 1 is 1.20 bits per heavy atom. The Morgan fingerprint density at radius 3 is 2.80 bits per heavy atom. The largest absolute Gasteiger partial charge is 0.355 e. The molecule has 20 heavy (non-hydrogen) atoms. The fourth-order valence-corrected chi connectivity index (χ4v) is 2.01. The highest BCUT2D eigenvalue weighted by Gasteiger charge is 2.05. The summed E-state index contributed by atoms with van der Waals surface area (Å²) >= 11 is 0. The van der Waals surface area contributed by atoms with Crippen LogP contribution in [0.4, 0.5) is 0 Å². The molecule has 0 saturated carbocycles. The lowest BCUT2D eigenvalue weighted by molar-refractivity contribution is -0.123. The van der Waals surface area contributed by atoms with Crippen molar-refractivity contribution in [1.82, 2.24) is 15.6 Å². The molecule has 2 aromatic rings. The van der Waals surface area contributed by atoms with E-state index in [1.54, 1.807) is 0 Å². The van der Waals surface area contributed by atoms with Crippen molar-refractivity contribution in [2.75, 3.05) is 13.1 Å². The van der Waals surface area contributed by atoms with Crippen LogP contribution in [0, 0.1) is 5.92 Å². The number of nitrogens with one attached hydrogen (secondary N) is 2. The van der Waals surface area contributed by atoms with Crippen LogP contribution in [0.3, 0.4) is 0 Å². The number of hydrogen-bond donors (Lipinski definition) is 2. The molecule has 1 aromatic heterocycles. The number of benzene rings is 1. The van der Waals surface area contributed by atoms with Crippen molar-refractivity contribution in [3.8, 4) is 0 Å². The summed E-state index contributed by atoms with van der Waals surface area (Å²) in [4.78, 5) is 15.8. The molecule has 0 aliphatic carbocycles. The number of fused-ring (bicyclic) bond motifs is 1. The Morgan fingerprint density at radius 2 is 2.00 bits per heavy atom. The van der Waals surface area contributed by atoms with E-state index >= 15 is 0 Å². The minimum atomic E-state index is 0.0391. The molecule has 1 amide bonds. The highest BCUT2D eigenvalue weighted by Crippen LogP contribution is 2.15. The van der Waals surface area contributed by atoms with Crippen LogP contribution in [0.25, 0.3) is 10.9 Å². The van der Waals surface area contributed by atoms with Gasteiger partial charge in [-0.3, -0.25) is 9.78 Å². The quantitative estimate of drug-likeness (QED) is 0.791. The van der Waals surface area contributed by atoms with E-state index in [1.165, 1.54) is 5.56 Å². The van der Waals surface area contributed by atoms with Gasteiger partial charge in [0, 0.05) is 37.1 Å². The van der Waals surface area contributed by atoms with E-state index in [-0.39, 0.29) is 11.8 Å². The van der Waals surface area contributed by atoms with Crippen molar-refractivity contribution in [3.63, 3.8) is 0 Å². The van der Waals surface area contributed by atoms with Gasteiger partial charge in [0.2, 0.25) is 5.91 Å². The van der Waals surface area contributed by atoms with Gasteiger partial charge in [-0.15, -0.1) is 0 Å². The highest BCUT2D eigenvalue weighted by atomic mass is 16.1. The van der Waals surface area contributed by atoms with E-state index in [0.29, 0.717) is 6.54 Å². The maximum absolute atomic E-state index is 11.4. The summed E-state index contributed by atoms with van der Waals surface area (Å²) < 4.78 is 0. The van der Waals surface area contributed by atoms with Crippen LogP contribution in [-0.2, 0) is 11.3 Å². The average molecular weight is 271 g/mol. The zero-order valence-corrected chi connectivity index (χ0v) is 12.0. The molecule has 0 atom stereocenters. The van der Waals surface area contributed by atoms with Crippen LogP contribution in [-0.4, -0.2) is 24.0 Å². The molecule has 2 N–H and O–H groups in total. The number of rotatable bonds is 6. The number of nitrogens with zero attached hydrogens (tertiary/aromatic N) is 1. The summed E-state index contributed by atoms with van der Waals surface area (Å²) in [6, 6.07) is 10.2. The summed E-state index contributed by atoms with van der Waals surface area (Å²) in [6.45, 7) is 5.94. The molecule has 0 radical (unpaired) electrons. The Labute approximate surface area is 119 Å². The minimum absolute atomic E-state index is 0.0391. The summed E-state index contributed by atoms with van der Waals surface area (Å²) in [5.74, 6) is 0.135. The van der Waals surface area contributed by atoms with Gasteiger partial charge in [-0.2, -0.15) is 0 Å². The lowest BCUT2D eigenvalue weighted by Crippen LogP contribution is -2.34. The van der Waals surface area contributed by atoms with Crippen LogP contribution < -0.4 is 10.6 Å². The zero-order valence-electron chi connectivity index (χ0n) is 12.0. The zero-order chi connectivity index (χ0) is 14.4. The third-order valence-corrected chi connectivity index (χ3v) is 3.16. The minimum Gasteiger partial charge on any atom is -0.355 e. The Kier molecular flexibility index (Phi) is 5.07. The third-order valence-electron chi connectivity index (χ3n) is 3.16. The first kappa shape index (κ1) is 14.5. The van der Waals surface area contributed by atoms with Crippen LogP contribution in [0.15, 0.2) is 36.5 Å². The maximum Gasteiger partial charge on any atom is 0.222 e. The number of aromatic nitrogens is 1. The second-order valence-corrected chi connectivity index (χ2v) is 5.11. The molecule has 0 unspecified atom stereocenters. The maximum atomic E-state index is 11.4. The molecule has 0 bridgehead atoms. The summed E-state index contributed by atoms with van der Waals surface area (Å²) in [7, 11) is 0. The van der Waals surface area contributed by atoms with Gasteiger partial charge in [0.15, 0.2) is 0 Å². The van der Waals surface area contributed by atoms with Crippen molar-refractivity contribution >= 4 is 16.8 Å². The van der Waals surface area contributed by atoms with E-state index in [2.05, 4.69) is 33.8 Å². The van der Waals surface area contributed by atoms with Gasteiger partial charge in [-0.25, -0.2) is 0 Å². The molecule has 1 heterocycles. The summed E-state index contributed by atoms with van der Waals surface area (Å²) in [6.07, 6.45) is 1.81. The fraction of sp³-hybridized carbons (Fsp3) is 0.375. The van der Waals surface area contributed by atoms with Crippen molar-refractivity contribution in [2.24, 2.45) is 5.92 Å². The summed E-state index contributed by atoms with van der Waals surface area (Å²) in [5, 5.41) is 7.37. The lowest BCUT2D eigenvalue weighted by Gasteiger charge is -2.09. The van der Waals surface area contributed by atoms with Gasteiger partial charge in [0.1, 0.15) is 0 Å². The molecule has 106 valence electrons. The fourth-order valence-electron chi connectivity index (χ4n) is 2.01. The molecule has 0 fully saturated rings. The Hall–Kier alpha value is -1.94. The highest BCUT2D eigenvalue weighted by molar-refractivity contribution is 5.81.